The van der Waals surface area contributed by atoms with Gasteiger partial charge in [0.05, 0.1) is 23.3 Å². The number of hydrogen-bond acceptors (Lipinski definition) is 11. The molecule has 0 spiro atoms. The minimum absolute atomic E-state index is 0.0315. The number of aliphatic hydroxyl groups excluding tert-OH is 2. The standard InChI is InChI=1S/C17H21N5O9/c1-16(22(30)31)9-13(17(25,18-7-8-23)14(10-16)20(26)27)19(15(11-24)21(28)29)12-5-3-2-4-6-12/h2-6,9-10,15,18,23-25H,7-8,11H2,1H3. The summed E-state index contributed by atoms with van der Waals surface area (Å²) in [5, 5.41) is 67.6. The zero-order valence-corrected chi connectivity index (χ0v) is 16.3. The Labute approximate surface area is 175 Å². The van der Waals surface area contributed by atoms with Crippen LogP contribution in [0.3, 0.4) is 0 Å². The van der Waals surface area contributed by atoms with Crippen molar-refractivity contribution in [2.75, 3.05) is 24.7 Å². The van der Waals surface area contributed by atoms with Crippen molar-refractivity contribution in [3.05, 3.63) is 84.2 Å². The third-order valence-electron chi connectivity index (χ3n) is 4.68. The van der Waals surface area contributed by atoms with E-state index >= 15 is 0 Å². The van der Waals surface area contributed by atoms with Crippen molar-refractivity contribution in [2.24, 2.45) is 0 Å². The lowest BCUT2D eigenvalue weighted by molar-refractivity contribution is -0.540. The highest BCUT2D eigenvalue weighted by Crippen LogP contribution is 2.39. The number of nitrogens with one attached hydrogen (secondary N) is 1. The fourth-order valence-corrected chi connectivity index (χ4v) is 3.19. The van der Waals surface area contributed by atoms with Gasteiger partial charge in [0.1, 0.15) is 6.61 Å². The van der Waals surface area contributed by atoms with E-state index in [0.717, 1.165) is 17.9 Å². The van der Waals surface area contributed by atoms with Crippen molar-refractivity contribution < 1.29 is 30.1 Å². The molecule has 0 fully saturated rings. The quantitative estimate of drug-likeness (QED) is 0.207. The van der Waals surface area contributed by atoms with Gasteiger partial charge in [-0.2, -0.15) is 0 Å². The molecule has 1 aliphatic rings. The Bertz CT molecular complexity index is 922. The molecule has 4 N–H and O–H groups in total. The Kier molecular flexibility index (Phi) is 7.02. The SMILES string of the molecule is CC1([N+](=O)[O-])C=C(N(c2ccccc2)C(CO)[N+](=O)[O-])C(O)(NCCO)C([N+](=O)[O-])=C1. The molecule has 0 radical (unpaired) electrons. The molecule has 1 aliphatic carbocycles. The number of hydrogen-bond donors (Lipinski definition) is 4. The Hall–Kier alpha value is -3.46. The Morgan fingerprint density at radius 1 is 1.10 bits per heavy atom. The average molecular weight is 439 g/mol. The van der Waals surface area contributed by atoms with E-state index in [1.165, 1.54) is 24.3 Å². The Morgan fingerprint density at radius 3 is 2.16 bits per heavy atom. The summed E-state index contributed by atoms with van der Waals surface area (Å²) in [6.07, 6.45) is -0.494. The summed E-state index contributed by atoms with van der Waals surface area (Å²) in [5.41, 5.74) is -6.62. The van der Waals surface area contributed by atoms with Crippen LogP contribution in [-0.2, 0) is 0 Å². The van der Waals surface area contributed by atoms with E-state index in [1.54, 1.807) is 6.07 Å². The highest BCUT2D eigenvalue weighted by Gasteiger charge is 2.57. The minimum Gasteiger partial charge on any atom is -0.395 e. The van der Waals surface area contributed by atoms with Crippen LogP contribution in [0, 0.1) is 30.3 Å². The van der Waals surface area contributed by atoms with Crippen LogP contribution in [0.25, 0.3) is 0 Å². The maximum Gasteiger partial charge on any atom is 0.314 e. The summed E-state index contributed by atoms with van der Waals surface area (Å²) in [7, 11) is 0. The Morgan fingerprint density at radius 2 is 1.71 bits per heavy atom. The van der Waals surface area contributed by atoms with Gasteiger partial charge < -0.3 is 15.3 Å². The summed E-state index contributed by atoms with van der Waals surface area (Å²) in [4.78, 5) is 33.1. The third kappa shape index (κ3) is 4.51. The molecule has 168 valence electrons. The summed E-state index contributed by atoms with van der Waals surface area (Å²) < 4.78 is 0. The van der Waals surface area contributed by atoms with Gasteiger partial charge in [0, 0.05) is 35.1 Å². The molecule has 14 nitrogen and oxygen atoms in total. The second-order valence-corrected chi connectivity index (χ2v) is 6.81. The van der Waals surface area contributed by atoms with Crippen molar-refractivity contribution in [2.45, 2.75) is 24.4 Å². The van der Waals surface area contributed by atoms with Crippen LogP contribution in [0.5, 0.6) is 0 Å². The number of benzene rings is 1. The van der Waals surface area contributed by atoms with Gasteiger partial charge in [-0.1, -0.05) is 18.2 Å². The van der Waals surface area contributed by atoms with Crippen molar-refractivity contribution in [1.29, 1.82) is 0 Å². The molecule has 1 aromatic rings. The first-order valence-electron chi connectivity index (χ1n) is 8.94. The Balaban J connectivity index is 2.88. The maximum absolute atomic E-state index is 11.7. The third-order valence-corrected chi connectivity index (χ3v) is 4.68. The van der Waals surface area contributed by atoms with Gasteiger partial charge in [-0.25, -0.2) is 0 Å². The second-order valence-electron chi connectivity index (χ2n) is 6.81. The molecule has 31 heavy (non-hydrogen) atoms. The first kappa shape index (κ1) is 23.8. The lowest BCUT2D eigenvalue weighted by Gasteiger charge is -2.40. The number of aliphatic hydroxyl groups is 3. The number of nitro groups is 3. The van der Waals surface area contributed by atoms with Crippen LogP contribution < -0.4 is 10.2 Å². The highest BCUT2D eigenvalue weighted by molar-refractivity contribution is 5.58. The van der Waals surface area contributed by atoms with Gasteiger partial charge in [-0.15, -0.1) is 0 Å². The van der Waals surface area contributed by atoms with Crippen LogP contribution in [0.1, 0.15) is 6.92 Å². The van der Waals surface area contributed by atoms with Gasteiger partial charge in [-0.05, 0) is 12.1 Å². The molecule has 2 rings (SSSR count). The molecular formula is C17H21N5O9. The van der Waals surface area contributed by atoms with E-state index in [1.807, 2.05) is 0 Å². The molecular weight excluding hydrogens is 418 g/mol. The van der Waals surface area contributed by atoms with Gasteiger partial charge in [-0.3, -0.25) is 40.6 Å². The minimum atomic E-state index is -2.76. The van der Waals surface area contributed by atoms with Crippen LogP contribution in [0.4, 0.5) is 5.69 Å². The maximum atomic E-state index is 11.7. The topological polar surface area (TPSA) is 205 Å². The molecule has 0 heterocycles. The van der Waals surface area contributed by atoms with Crippen molar-refractivity contribution in [1.82, 2.24) is 5.32 Å². The number of para-hydroxylation sites is 1. The molecule has 3 unspecified atom stereocenters. The molecule has 0 aromatic heterocycles. The molecule has 0 saturated heterocycles. The van der Waals surface area contributed by atoms with Gasteiger partial charge in [0.2, 0.25) is 0 Å². The lowest BCUT2D eigenvalue weighted by Crippen LogP contribution is -2.61. The highest BCUT2D eigenvalue weighted by atomic mass is 16.6. The monoisotopic (exact) mass is 439 g/mol. The molecule has 3 atom stereocenters. The predicted octanol–water partition coefficient (Wildman–Crippen LogP) is -0.548. The summed E-state index contributed by atoms with van der Waals surface area (Å²) in [6.45, 7) is -1.02. The van der Waals surface area contributed by atoms with Crippen LogP contribution >= 0.6 is 0 Å². The fourth-order valence-electron chi connectivity index (χ4n) is 3.19. The van der Waals surface area contributed by atoms with Crippen LogP contribution in [0.2, 0.25) is 0 Å². The molecule has 0 bridgehead atoms. The molecule has 0 saturated carbocycles. The van der Waals surface area contributed by atoms with Crippen molar-refractivity contribution in [3.63, 3.8) is 0 Å². The van der Waals surface area contributed by atoms with Crippen molar-refractivity contribution in [3.8, 4) is 0 Å². The normalized spacial score (nSPS) is 24.0. The smallest absolute Gasteiger partial charge is 0.314 e. The summed E-state index contributed by atoms with van der Waals surface area (Å²) in [6, 6.07) is 7.28. The van der Waals surface area contributed by atoms with E-state index in [2.05, 4.69) is 5.32 Å². The van der Waals surface area contributed by atoms with E-state index in [-0.39, 0.29) is 12.2 Å². The summed E-state index contributed by atoms with van der Waals surface area (Å²) in [5.74, 6) is 0. The van der Waals surface area contributed by atoms with E-state index in [4.69, 9.17) is 5.11 Å². The lowest BCUT2D eigenvalue weighted by atomic mass is 9.86. The number of nitrogens with zero attached hydrogens (tertiary/aromatic N) is 4. The first-order chi connectivity index (χ1) is 14.5. The second kappa shape index (κ2) is 9.13. The van der Waals surface area contributed by atoms with E-state index in [0.29, 0.717) is 6.08 Å². The van der Waals surface area contributed by atoms with Crippen LogP contribution in [0.15, 0.2) is 53.9 Å². The van der Waals surface area contributed by atoms with Gasteiger partial charge in [0.25, 0.3) is 11.3 Å². The fraction of sp³-hybridized carbons (Fsp3) is 0.412. The molecule has 1 aromatic carbocycles. The summed E-state index contributed by atoms with van der Waals surface area (Å²) >= 11 is 0. The number of anilines is 1. The van der Waals surface area contributed by atoms with Gasteiger partial charge >= 0.3 is 11.9 Å². The molecule has 0 aliphatic heterocycles. The molecule has 0 amide bonds. The largest absolute Gasteiger partial charge is 0.395 e. The first-order valence-corrected chi connectivity index (χ1v) is 8.94. The molecule has 14 heteroatoms. The van der Waals surface area contributed by atoms with Crippen molar-refractivity contribution >= 4 is 5.69 Å². The average Bonchev–Trinajstić information content (AvgIpc) is 2.72. The zero-order valence-electron chi connectivity index (χ0n) is 16.3. The number of rotatable bonds is 10. The van der Waals surface area contributed by atoms with E-state index in [9.17, 15) is 40.6 Å². The van der Waals surface area contributed by atoms with Gasteiger partial charge in [0.15, 0.2) is 0 Å². The van der Waals surface area contributed by atoms with E-state index < -0.39 is 56.8 Å². The van der Waals surface area contributed by atoms with Crippen LogP contribution in [-0.4, -0.2) is 67.3 Å². The predicted molar refractivity (Wildman–Crippen MR) is 105 cm³/mol. The zero-order chi connectivity index (χ0) is 23.4.